The Bertz CT molecular complexity index is 668. The molecule has 0 unspecified atom stereocenters. The number of nitrogens with one attached hydrogen (secondary N) is 2. The molecule has 1 aromatic carbocycles. The summed E-state index contributed by atoms with van der Waals surface area (Å²) >= 11 is 3.33. The molecule has 5 nitrogen and oxygen atoms in total. The van der Waals surface area contributed by atoms with Crippen LogP contribution in [0.2, 0.25) is 0 Å². The van der Waals surface area contributed by atoms with Gasteiger partial charge in [-0.3, -0.25) is 9.59 Å². The number of rotatable bonds is 6. The van der Waals surface area contributed by atoms with Gasteiger partial charge in [0.15, 0.2) is 0 Å². The molecule has 122 valence electrons. The second-order valence-corrected chi connectivity index (χ2v) is 6.42. The molecule has 0 bridgehead atoms. The van der Waals surface area contributed by atoms with E-state index in [1.54, 1.807) is 36.6 Å². The molecule has 0 fully saturated rings. The number of amides is 2. The Morgan fingerprint density at radius 1 is 1.22 bits per heavy atom. The van der Waals surface area contributed by atoms with E-state index in [-0.39, 0.29) is 17.7 Å². The molecular weight excluding hydrogens is 360 g/mol. The molecular formula is C17H19BrN2O3. The van der Waals surface area contributed by atoms with Crippen LogP contribution in [-0.2, 0) is 11.3 Å². The second-order valence-electron chi connectivity index (χ2n) is 5.50. The topological polar surface area (TPSA) is 71.3 Å². The smallest absolute Gasteiger partial charge is 0.251 e. The van der Waals surface area contributed by atoms with Crippen LogP contribution < -0.4 is 10.6 Å². The number of carbonyl (C=O) groups excluding carboxylic acids is 2. The lowest BCUT2D eigenvalue weighted by atomic mass is 10.0. The zero-order valence-corrected chi connectivity index (χ0v) is 14.6. The molecule has 0 aliphatic heterocycles. The molecule has 0 saturated heterocycles. The van der Waals surface area contributed by atoms with Gasteiger partial charge in [0.2, 0.25) is 5.91 Å². The van der Waals surface area contributed by atoms with Crippen molar-refractivity contribution in [1.29, 1.82) is 0 Å². The van der Waals surface area contributed by atoms with Gasteiger partial charge in [0, 0.05) is 10.0 Å². The molecule has 0 spiro atoms. The molecule has 6 heteroatoms. The summed E-state index contributed by atoms with van der Waals surface area (Å²) in [5.41, 5.74) is 0.504. The predicted octanol–water partition coefficient (Wildman–Crippen LogP) is 3.11. The molecule has 2 rings (SSSR count). The predicted molar refractivity (Wildman–Crippen MR) is 90.8 cm³/mol. The van der Waals surface area contributed by atoms with Crippen LogP contribution in [0.15, 0.2) is 51.6 Å². The van der Waals surface area contributed by atoms with Crippen molar-refractivity contribution in [3.05, 3.63) is 58.5 Å². The van der Waals surface area contributed by atoms with Crippen LogP contribution in [0.1, 0.15) is 30.0 Å². The zero-order chi connectivity index (χ0) is 16.8. The maximum Gasteiger partial charge on any atom is 0.251 e. The third-order valence-corrected chi connectivity index (χ3v) is 3.83. The Labute approximate surface area is 143 Å². The van der Waals surface area contributed by atoms with Crippen LogP contribution in [0.3, 0.4) is 0 Å². The molecule has 2 amide bonds. The molecule has 0 radical (unpaired) electrons. The Morgan fingerprint density at radius 2 is 2.00 bits per heavy atom. The fourth-order valence-corrected chi connectivity index (χ4v) is 2.49. The maximum absolute atomic E-state index is 12.3. The first-order valence-corrected chi connectivity index (χ1v) is 8.13. The van der Waals surface area contributed by atoms with Crippen molar-refractivity contribution in [3.63, 3.8) is 0 Å². The summed E-state index contributed by atoms with van der Waals surface area (Å²) in [5.74, 6) is 0.111. The quantitative estimate of drug-likeness (QED) is 0.810. The van der Waals surface area contributed by atoms with E-state index >= 15 is 0 Å². The number of hydrogen-bond donors (Lipinski definition) is 2. The molecule has 23 heavy (non-hydrogen) atoms. The van der Waals surface area contributed by atoms with E-state index in [1.165, 1.54) is 0 Å². The summed E-state index contributed by atoms with van der Waals surface area (Å²) in [6.45, 7) is 4.07. The first kappa shape index (κ1) is 17.3. The van der Waals surface area contributed by atoms with Crippen LogP contribution in [0.4, 0.5) is 0 Å². The zero-order valence-electron chi connectivity index (χ0n) is 13.0. The van der Waals surface area contributed by atoms with Crippen LogP contribution in [0, 0.1) is 5.92 Å². The third-order valence-electron chi connectivity index (χ3n) is 3.34. The average molecular weight is 379 g/mol. The summed E-state index contributed by atoms with van der Waals surface area (Å²) in [6, 6.07) is 9.97. The van der Waals surface area contributed by atoms with Gasteiger partial charge in [0.05, 0.1) is 12.8 Å². The van der Waals surface area contributed by atoms with E-state index in [0.29, 0.717) is 17.9 Å². The Kier molecular flexibility index (Phi) is 5.98. The molecule has 2 N–H and O–H groups in total. The Balaban J connectivity index is 2.00. The van der Waals surface area contributed by atoms with Gasteiger partial charge < -0.3 is 15.1 Å². The number of hydrogen-bond acceptors (Lipinski definition) is 3. The second kappa shape index (κ2) is 7.97. The summed E-state index contributed by atoms with van der Waals surface area (Å²) in [4.78, 5) is 24.7. The van der Waals surface area contributed by atoms with Crippen molar-refractivity contribution in [2.24, 2.45) is 5.92 Å². The van der Waals surface area contributed by atoms with Gasteiger partial charge in [-0.1, -0.05) is 35.8 Å². The normalized spacial score (nSPS) is 12.0. The Morgan fingerprint density at radius 3 is 2.61 bits per heavy atom. The van der Waals surface area contributed by atoms with Gasteiger partial charge in [-0.25, -0.2) is 0 Å². The van der Waals surface area contributed by atoms with Crippen LogP contribution in [0.5, 0.6) is 0 Å². The number of furan rings is 1. The van der Waals surface area contributed by atoms with Crippen LogP contribution in [0.25, 0.3) is 0 Å². The highest BCUT2D eigenvalue weighted by molar-refractivity contribution is 9.10. The highest BCUT2D eigenvalue weighted by Gasteiger charge is 2.24. The van der Waals surface area contributed by atoms with Crippen LogP contribution in [-0.4, -0.2) is 17.9 Å². The lowest BCUT2D eigenvalue weighted by Crippen LogP contribution is -2.49. The summed E-state index contributed by atoms with van der Waals surface area (Å²) in [6.07, 6.45) is 1.55. The monoisotopic (exact) mass is 378 g/mol. The van der Waals surface area contributed by atoms with Crippen molar-refractivity contribution < 1.29 is 14.0 Å². The van der Waals surface area contributed by atoms with Crippen molar-refractivity contribution in [2.75, 3.05) is 0 Å². The Hall–Kier alpha value is -2.08. The summed E-state index contributed by atoms with van der Waals surface area (Å²) in [7, 11) is 0. The van der Waals surface area contributed by atoms with E-state index in [2.05, 4.69) is 26.6 Å². The average Bonchev–Trinajstić information content (AvgIpc) is 3.03. The lowest BCUT2D eigenvalue weighted by Gasteiger charge is -2.21. The minimum Gasteiger partial charge on any atom is -0.467 e. The van der Waals surface area contributed by atoms with Gasteiger partial charge in [-0.05, 0) is 36.2 Å². The first-order valence-electron chi connectivity index (χ1n) is 7.34. The largest absolute Gasteiger partial charge is 0.467 e. The highest BCUT2D eigenvalue weighted by atomic mass is 79.9. The molecule has 0 aliphatic carbocycles. The number of benzene rings is 1. The van der Waals surface area contributed by atoms with E-state index in [9.17, 15) is 9.59 Å². The molecule has 0 aliphatic rings. The minimum absolute atomic E-state index is 0.0392. The molecule has 2 aromatic rings. The van der Waals surface area contributed by atoms with E-state index in [4.69, 9.17) is 4.42 Å². The highest BCUT2D eigenvalue weighted by Crippen LogP contribution is 2.12. The number of halogens is 1. The van der Waals surface area contributed by atoms with Gasteiger partial charge in [-0.15, -0.1) is 0 Å². The van der Waals surface area contributed by atoms with Gasteiger partial charge >= 0.3 is 0 Å². The van der Waals surface area contributed by atoms with Crippen molar-refractivity contribution in [3.8, 4) is 0 Å². The summed E-state index contributed by atoms with van der Waals surface area (Å²) in [5, 5.41) is 5.57. The van der Waals surface area contributed by atoms with Crippen LogP contribution >= 0.6 is 15.9 Å². The van der Waals surface area contributed by atoms with Crippen molar-refractivity contribution in [1.82, 2.24) is 10.6 Å². The van der Waals surface area contributed by atoms with Gasteiger partial charge in [0.25, 0.3) is 5.91 Å². The van der Waals surface area contributed by atoms with Crippen molar-refractivity contribution in [2.45, 2.75) is 26.4 Å². The fourth-order valence-electron chi connectivity index (χ4n) is 2.09. The SMILES string of the molecule is CC(C)[C@@H](NC(=O)c1cccc(Br)c1)C(=O)NCc1ccco1. The number of carbonyl (C=O) groups is 2. The minimum atomic E-state index is -0.614. The molecule has 1 heterocycles. The van der Waals surface area contributed by atoms with E-state index < -0.39 is 6.04 Å². The summed E-state index contributed by atoms with van der Waals surface area (Å²) < 4.78 is 5.99. The lowest BCUT2D eigenvalue weighted by molar-refractivity contribution is -0.124. The molecule has 0 saturated carbocycles. The third kappa shape index (κ3) is 4.96. The molecule has 1 aromatic heterocycles. The fraction of sp³-hybridized carbons (Fsp3) is 0.294. The van der Waals surface area contributed by atoms with E-state index in [0.717, 1.165) is 4.47 Å². The standard InChI is InChI=1S/C17H19BrN2O3/c1-11(2)15(17(22)19-10-14-7-4-8-23-14)20-16(21)12-5-3-6-13(18)9-12/h3-9,11,15H,10H2,1-2H3,(H,19,22)(H,20,21)/t15-/m1/s1. The van der Waals surface area contributed by atoms with E-state index in [1.807, 2.05) is 19.9 Å². The van der Waals surface area contributed by atoms with Gasteiger partial charge in [0.1, 0.15) is 11.8 Å². The van der Waals surface area contributed by atoms with Crippen molar-refractivity contribution >= 4 is 27.7 Å². The first-order chi connectivity index (χ1) is 11.0. The maximum atomic E-state index is 12.3. The van der Waals surface area contributed by atoms with Gasteiger partial charge in [-0.2, -0.15) is 0 Å². The molecule has 1 atom stereocenters.